The number of hydrogen-bond acceptors (Lipinski definition) is 8. The van der Waals surface area contributed by atoms with Crippen molar-refractivity contribution >= 4 is 23.7 Å². The number of aliphatic carboxylic acids is 1. The zero-order valence-electron chi connectivity index (χ0n) is 18.5. The number of nitrogens with one attached hydrogen (secondary N) is 2. The zero-order valence-corrected chi connectivity index (χ0v) is 18.5. The number of aliphatic hydroxyl groups excluding tert-OH is 1. The lowest BCUT2D eigenvalue weighted by Crippen LogP contribution is -2.57. The van der Waals surface area contributed by atoms with Crippen molar-refractivity contribution < 1.29 is 29.4 Å². The van der Waals surface area contributed by atoms with Gasteiger partial charge in [-0.3, -0.25) is 14.4 Å². The third kappa shape index (κ3) is 8.69. The number of carbonyl (C=O) groups excluding carboxylic acids is 3. The number of hydrogen-bond donors (Lipinski definition) is 7. The number of carbonyl (C=O) groups is 4. The number of aliphatic hydroxyl groups is 1. The van der Waals surface area contributed by atoms with E-state index in [-0.39, 0.29) is 0 Å². The maximum absolute atomic E-state index is 13.2. The second-order valence-corrected chi connectivity index (χ2v) is 8.01. The van der Waals surface area contributed by atoms with Gasteiger partial charge < -0.3 is 42.9 Å². The van der Waals surface area contributed by atoms with Crippen LogP contribution in [-0.4, -0.2) is 89.2 Å². The summed E-state index contributed by atoms with van der Waals surface area (Å²) in [5, 5.41) is 23.2. The molecule has 0 bridgehead atoms. The molecular formula is C20H38N6O6. The molecule has 0 aliphatic carbocycles. The molecule has 0 radical (unpaired) electrons. The van der Waals surface area contributed by atoms with Gasteiger partial charge in [0.25, 0.3) is 0 Å². The number of carboxylic acid groups (broad SMARTS) is 1. The number of unbranched alkanes of at least 4 members (excludes halogenated alkanes) is 2. The largest absolute Gasteiger partial charge is 0.480 e. The Balaban J connectivity index is 2.86. The predicted octanol–water partition coefficient (Wildman–Crippen LogP) is -2.39. The molecule has 12 nitrogen and oxygen atoms in total. The first-order valence-electron chi connectivity index (χ1n) is 11.2. The van der Waals surface area contributed by atoms with Crippen LogP contribution in [0.4, 0.5) is 0 Å². The Morgan fingerprint density at radius 1 is 0.969 bits per heavy atom. The maximum Gasteiger partial charge on any atom is 0.328 e. The van der Waals surface area contributed by atoms with Crippen molar-refractivity contribution in [2.24, 2.45) is 17.2 Å². The van der Waals surface area contributed by atoms with Crippen LogP contribution in [0.1, 0.15) is 51.4 Å². The topological polar surface area (TPSA) is 214 Å². The fraction of sp³-hybridized carbons (Fsp3) is 0.800. The first-order valence-corrected chi connectivity index (χ1v) is 11.2. The monoisotopic (exact) mass is 458 g/mol. The normalized spacial score (nSPS) is 18.6. The average Bonchev–Trinajstić information content (AvgIpc) is 3.26. The first-order chi connectivity index (χ1) is 15.3. The van der Waals surface area contributed by atoms with E-state index >= 15 is 0 Å². The smallest absolute Gasteiger partial charge is 0.328 e. The van der Waals surface area contributed by atoms with E-state index in [9.17, 15) is 19.2 Å². The minimum Gasteiger partial charge on any atom is -0.480 e. The van der Waals surface area contributed by atoms with Crippen molar-refractivity contribution in [1.82, 2.24) is 15.5 Å². The summed E-state index contributed by atoms with van der Waals surface area (Å²) in [7, 11) is 0. The Morgan fingerprint density at radius 2 is 1.59 bits per heavy atom. The second kappa shape index (κ2) is 14.7. The van der Waals surface area contributed by atoms with E-state index in [0.717, 1.165) is 6.42 Å². The zero-order chi connectivity index (χ0) is 24.1. The molecule has 32 heavy (non-hydrogen) atoms. The van der Waals surface area contributed by atoms with Gasteiger partial charge in [-0.2, -0.15) is 0 Å². The highest BCUT2D eigenvalue weighted by atomic mass is 16.4. The number of likely N-dealkylation sites (tertiary alicyclic amines) is 1. The molecule has 0 aromatic carbocycles. The SMILES string of the molecule is NCCCCC(N)C(=O)NC(CCCCN)C(=O)N1CCCC1C(=O)NC(CO)C(=O)O. The lowest BCUT2D eigenvalue weighted by atomic mass is 10.0. The Bertz CT molecular complexity index is 634. The lowest BCUT2D eigenvalue weighted by molar-refractivity contribution is -0.145. The molecule has 1 saturated heterocycles. The summed E-state index contributed by atoms with van der Waals surface area (Å²) in [5.41, 5.74) is 17.0. The second-order valence-electron chi connectivity index (χ2n) is 8.01. The molecule has 1 rings (SSSR count). The van der Waals surface area contributed by atoms with Crippen molar-refractivity contribution in [3.05, 3.63) is 0 Å². The fourth-order valence-electron chi connectivity index (χ4n) is 3.63. The summed E-state index contributed by atoms with van der Waals surface area (Å²) in [6.07, 6.45) is 4.42. The molecule has 12 heteroatoms. The number of carboxylic acids is 1. The van der Waals surface area contributed by atoms with Crippen LogP contribution in [-0.2, 0) is 19.2 Å². The molecule has 1 heterocycles. The van der Waals surface area contributed by atoms with E-state index in [4.69, 9.17) is 27.4 Å². The van der Waals surface area contributed by atoms with E-state index < -0.39 is 54.5 Å². The molecule has 1 aliphatic rings. The number of nitrogens with zero attached hydrogens (tertiary/aromatic N) is 1. The molecule has 1 aliphatic heterocycles. The Hall–Kier alpha value is -2.28. The minimum absolute atomic E-state index is 0.305. The number of amides is 3. The van der Waals surface area contributed by atoms with Gasteiger partial charge in [0.05, 0.1) is 12.6 Å². The standard InChI is InChI=1S/C20H38N6O6/c21-9-3-1-6-13(23)17(28)24-14(7-2-4-10-22)19(30)26-11-5-8-16(26)18(29)25-15(12-27)20(31)32/h13-16,27H,1-12,21-23H2,(H,24,28)(H,25,29)(H,31,32). The fourth-order valence-corrected chi connectivity index (χ4v) is 3.63. The Labute approximate surface area is 188 Å². The molecule has 0 aromatic heterocycles. The summed E-state index contributed by atoms with van der Waals surface area (Å²) in [6, 6.07) is -3.96. The van der Waals surface area contributed by atoms with E-state index in [2.05, 4.69) is 10.6 Å². The molecular weight excluding hydrogens is 420 g/mol. The van der Waals surface area contributed by atoms with E-state index in [1.165, 1.54) is 4.90 Å². The molecule has 4 unspecified atom stereocenters. The molecule has 0 spiro atoms. The number of nitrogens with two attached hydrogens (primary N) is 3. The predicted molar refractivity (Wildman–Crippen MR) is 117 cm³/mol. The highest BCUT2D eigenvalue weighted by Crippen LogP contribution is 2.20. The van der Waals surface area contributed by atoms with E-state index in [0.29, 0.717) is 64.6 Å². The highest BCUT2D eigenvalue weighted by molar-refractivity contribution is 5.94. The van der Waals surface area contributed by atoms with Crippen LogP contribution in [0.2, 0.25) is 0 Å². The van der Waals surface area contributed by atoms with Crippen molar-refractivity contribution in [1.29, 1.82) is 0 Å². The van der Waals surface area contributed by atoms with Gasteiger partial charge in [-0.05, 0) is 58.0 Å². The van der Waals surface area contributed by atoms with Gasteiger partial charge in [-0.25, -0.2) is 4.79 Å². The summed E-state index contributed by atoms with van der Waals surface area (Å²) in [6.45, 7) is 0.493. The molecule has 3 amide bonds. The van der Waals surface area contributed by atoms with Crippen LogP contribution in [0.25, 0.3) is 0 Å². The van der Waals surface area contributed by atoms with Crippen LogP contribution in [0.3, 0.4) is 0 Å². The van der Waals surface area contributed by atoms with E-state index in [1.54, 1.807) is 0 Å². The molecule has 0 aromatic rings. The number of rotatable bonds is 15. The first kappa shape index (κ1) is 27.8. The van der Waals surface area contributed by atoms with Crippen LogP contribution >= 0.6 is 0 Å². The third-order valence-corrected chi connectivity index (χ3v) is 5.50. The summed E-state index contributed by atoms with van der Waals surface area (Å²) in [4.78, 5) is 50.8. The van der Waals surface area contributed by atoms with E-state index in [1.807, 2.05) is 0 Å². The molecule has 0 saturated carbocycles. The van der Waals surface area contributed by atoms with Gasteiger partial charge in [0.15, 0.2) is 0 Å². The summed E-state index contributed by atoms with van der Waals surface area (Å²) < 4.78 is 0. The van der Waals surface area contributed by atoms with Crippen molar-refractivity contribution in [2.75, 3.05) is 26.2 Å². The van der Waals surface area contributed by atoms with Gasteiger partial charge in [0.2, 0.25) is 17.7 Å². The van der Waals surface area contributed by atoms with Crippen LogP contribution in [0.5, 0.6) is 0 Å². The van der Waals surface area contributed by atoms with Gasteiger partial charge in [-0.1, -0.05) is 6.42 Å². The van der Waals surface area contributed by atoms with Crippen molar-refractivity contribution in [2.45, 2.75) is 75.5 Å². The molecule has 184 valence electrons. The minimum atomic E-state index is -1.45. The van der Waals surface area contributed by atoms with Gasteiger partial charge in [0, 0.05) is 6.54 Å². The molecule has 1 fully saturated rings. The Kier molecular flexibility index (Phi) is 12.8. The van der Waals surface area contributed by atoms with Crippen LogP contribution < -0.4 is 27.8 Å². The van der Waals surface area contributed by atoms with Crippen molar-refractivity contribution in [3.8, 4) is 0 Å². The maximum atomic E-state index is 13.2. The Morgan fingerprint density at radius 3 is 2.16 bits per heavy atom. The van der Waals surface area contributed by atoms with Crippen LogP contribution in [0.15, 0.2) is 0 Å². The highest BCUT2D eigenvalue weighted by Gasteiger charge is 2.38. The molecule has 10 N–H and O–H groups in total. The summed E-state index contributed by atoms with van der Waals surface area (Å²) >= 11 is 0. The molecule has 4 atom stereocenters. The summed E-state index contributed by atoms with van der Waals surface area (Å²) in [5.74, 6) is -2.88. The van der Waals surface area contributed by atoms with Crippen molar-refractivity contribution in [3.63, 3.8) is 0 Å². The van der Waals surface area contributed by atoms with Gasteiger partial charge in [-0.15, -0.1) is 0 Å². The quantitative estimate of drug-likeness (QED) is 0.130. The third-order valence-electron chi connectivity index (χ3n) is 5.50. The average molecular weight is 459 g/mol. The van der Waals surface area contributed by atoms with Crippen LogP contribution in [0, 0.1) is 0 Å². The van der Waals surface area contributed by atoms with Gasteiger partial charge >= 0.3 is 5.97 Å². The van der Waals surface area contributed by atoms with Gasteiger partial charge in [0.1, 0.15) is 18.1 Å². The lowest BCUT2D eigenvalue weighted by Gasteiger charge is -2.30.